The standard InChI is InChI=1S/C9H4N4O2/c14-8-6-4(12-9(15)13-8)1-2-5-7(6)11-3-10-5/h1-3H,(H,13,14,15). The zero-order valence-electron chi connectivity index (χ0n) is 7.39. The Morgan fingerprint density at radius 1 is 1.13 bits per heavy atom. The summed E-state index contributed by atoms with van der Waals surface area (Å²) in [7, 11) is 0. The summed E-state index contributed by atoms with van der Waals surface area (Å²) in [4.78, 5) is 34.1. The Kier molecular flexibility index (Phi) is 1.37. The molecule has 1 aromatic carbocycles. The molecule has 6 nitrogen and oxygen atoms in total. The van der Waals surface area contributed by atoms with Crippen LogP contribution in [0, 0.1) is 0 Å². The molecule has 1 N–H and O–H groups in total. The molecule has 0 fully saturated rings. The average molecular weight is 200 g/mol. The molecule has 0 saturated carbocycles. The van der Waals surface area contributed by atoms with Crippen molar-refractivity contribution in [1.29, 1.82) is 0 Å². The molecule has 0 atom stereocenters. The first-order valence-electron chi connectivity index (χ1n) is 4.23. The molecule has 72 valence electrons. The summed E-state index contributed by atoms with van der Waals surface area (Å²) in [6, 6.07) is 2.62. The van der Waals surface area contributed by atoms with Crippen LogP contribution in [-0.4, -0.2) is 18.3 Å². The fraction of sp³-hybridized carbons (Fsp3) is 0. The molecule has 0 unspecified atom stereocenters. The van der Waals surface area contributed by atoms with Crippen LogP contribution in [0.2, 0.25) is 0 Å². The van der Waals surface area contributed by atoms with Gasteiger partial charge in [0.1, 0.15) is 12.0 Å². The highest BCUT2D eigenvalue weighted by molar-refractivity contribution is 6.09. The SMILES string of the molecule is O=C1N=c2ccc3c(c2C(=O)N1)N=CN=3. The van der Waals surface area contributed by atoms with Gasteiger partial charge in [0.15, 0.2) is 0 Å². The van der Waals surface area contributed by atoms with E-state index in [9.17, 15) is 9.59 Å². The number of urea groups is 1. The van der Waals surface area contributed by atoms with Crippen molar-refractivity contribution in [2.75, 3.05) is 0 Å². The summed E-state index contributed by atoms with van der Waals surface area (Å²) in [5.74, 6) is -0.476. The van der Waals surface area contributed by atoms with Gasteiger partial charge < -0.3 is 0 Å². The van der Waals surface area contributed by atoms with E-state index in [1.165, 1.54) is 6.34 Å². The third-order valence-corrected chi connectivity index (χ3v) is 2.19. The van der Waals surface area contributed by atoms with Crippen molar-refractivity contribution in [3.05, 3.63) is 28.4 Å². The Morgan fingerprint density at radius 2 is 1.93 bits per heavy atom. The van der Waals surface area contributed by atoms with E-state index in [0.717, 1.165) is 0 Å². The van der Waals surface area contributed by atoms with Gasteiger partial charge in [0.05, 0.1) is 16.3 Å². The topological polar surface area (TPSA) is 83.2 Å². The van der Waals surface area contributed by atoms with Crippen molar-refractivity contribution in [1.82, 2.24) is 5.32 Å². The van der Waals surface area contributed by atoms with Gasteiger partial charge in [0, 0.05) is 0 Å². The third kappa shape index (κ3) is 1.01. The smallest absolute Gasteiger partial charge is 0.272 e. The molecular weight excluding hydrogens is 196 g/mol. The second kappa shape index (κ2) is 2.57. The molecule has 0 bridgehead atoms. The van der Waals surface area contributed by atoms with E-state index in [-0.39, 0.29) is 0 Å². The predicted molar refractivity (Wildman–Crippen MR) is 49.8 cm³/mol. The van der Waals surface area contributed by atoms with Crippen LogP contribution in [0.25, 0.3) is 0 Å². The van der Waals surface area contributed by atoms with Crippen molar-refractivity contribution >= 4 is 24.0 Å². The minimum Gasteiger partial charge on any atom is -0.272 e. The molecule has 15 heavy (non-hydrogen) atoms. The van der Waals surface area contributed by atoms with Crippen LogP contribution in [-0.2, 0) is 0 Å². The maximum Gasteiger partial charge on any atom is 0.348 e. The fourth-order valence-electron chi connectivity index (χ4n) is 1.57. The largest absolute Gasteiger partial charge is 0.348 e. The van der Waals surface area contributed by atoms with Crippen LogP contribution < -0.4 is 16.0 Å². The normalized spacial score (nSPS) is 16.3. The molecule has 2 heterocycles. The summed E-state index contributed by atoms with van der Waals surface area (Å²) in [6.07, 6.45) is 1.37. The lowest BCUT2D eigenvalue weighted by Gasteiger charge is -2.08. The minimum absolute atomic E-state index is 0.310. The number of hydrogen-bond donors (Lipinski definition) is 1. The molecule has 0 radical (unpaired) electrons. The van der Waals surface area contributed by atoms with E-state index in [4.69, 9.17) is 0 Å². The van der Waals surface area contributed by atoms with Crippen LogP contribution in [0.5, 0.6) is 0 Å². The second-order valence-corrected chi connectivity index (χ2v) is 3.07. The van der Waals surface area contributed by atoms with Crippen molar-refractivity contribution in [2.24, 2.45) is 15.0 Å². The molecule has 6 heteroatoms. The van der Waals surface area contributed by atoms with E-state index in [1.54, 1.807) is 12.1 Å². The summed E-state index contributed by atoms with van der Waals surface area (Å²) in [5.41, 5.74) is 0.783. The maximum atomic E-state index is 11.5. The van der Waals surface area contributed by atoms with Crippen molar-refractivity contribution in [3.63, 3.8) is 0 Å². The van der Waals surface area contributed by atoms with E-state index in [1.807, 2.05) is 0 Å². The zero-order valence-corrected chi connectivity index (χ0v) is 7.39. The van der Waals surface area contributed by atoms with Crippen LogP contribution in [0.1, 0.15) is 10.4 Å². The molecule has 2 aliphatic rings. The summed E-state index contributed by atoms with van der Waals surface area (Å²) < 4.78 is 0. The summed E-state index contributed by atoms with van der Waals surface area (Å²) >= 11 is 0. The highest BCUT2D eigenvalue weighted by Gasteiger charge is 2.22. The average Bonchev–Trinajstić information content (AvgIpc) is 2.63. The molecule has 3 rings (SSSR count). The first-order chi connectivity index (χ1) is 7.25. The maximum absolute atomic E-state index is 11.5. The lowest BCUT2D eigenvalue weighted by Crippen LogP contribution is -2.39. The van der Waals surface area contributed by atoms with Gasteiger partial charge in [-0.2, -0.15) is 4.99 Å². The molecule has 1 aromatic rings. The van der Waals surface area contributed by atoms with Crippen LogP contribution >= 0.6 is 0 Å². The number of imide groups is 1. The third-order valence-electron chi connectivity index (χ3n) is 2.19. The highest BCUT2D eigenvalue weighted by Crippen LogP contribution is 2.13. The Morgan fingerprint density at radius 3 is 2.80 bits per heavy atom. The van der Waals surface area contributed by atoms with Gasteiger partial charge in [-0.25, -0.2) is 14.8 Å². The number of carbonyl (C=O) groups is 2. The van der Waals surface area contributed by atoms with Crippen molar-refractivity contribution in [2.45, 2.75) is 0 Å². The Labute approximate surface area is 83.1 Å². The van der Waals surface area contributed by atoms with Crippen molar-refractivity contribution in [3.8, 4) is 0 Å². The fourth-order valence-corrected chi connectivity index (χ4v) is 1.57. The lowest BCUT2D eigenvalue weighted by molar-refractivity contribution is 0.0961. The quantitative estimate of drug-likeness (QED) is 0.610. The van der Waals surface area contributed by atoms with Crippen LogP contribution in [0.15, 0.2) is 27.1 Å². The molecule has 0 aliphatic carbocycles. The molecule has 3 amide bonds. The van der Waals surface area contributed by atoms with E-state index >= 15 is 0 Å². The number of rotatable bonds is 0. The Balaban J connectivity index is 2.48. The lowest BCUT2D eigenvalue weighted by atomic mass is 10.1. The number of benzene rings is 1. The Bertz CT molecular complexity index is 645. The molecular formula is C9H4N4O2. The highest BCUT2D eigenvalue weighted by atomic mass is 16.2. The van der Waals surface area contributed by atoms with Crippen LogP contribution in [0.3, 0.4) is 0 Å². The van der Waals surface area contributed by atoms with Gasteiger partial charge in [-0.3, -0.25) is 10.1 Å². The molecule has 0 aromatic heterocycles. The van der Waals surface area contributed by atoms with Crippen LogP contribution in [0.4, 0.5) is 10.5 Å². The number of aliphatic imine (C=N–C) groups is 1. The van der Waals surface area contributed by atoms with Crippen molar-refractivity contribution < 1.29 is 9.59 Å². The predicted octanol–water partition coefficient (Wildman–Crippen LogP) is -0.537. The van der Waals surface area contributed by atoms with Gasteiger partial charge in [0.25, 0.3) is 5.91 Å². The zero-order chi connectivity index (χ0) is 10.4. The van der Waals surface area contributed by atoms with Gasteiger partial charge in [-0.1, -0.05) is 0 Å². The van der Waals surface area contributed by atoms with E-state index < -0.39 is 11.9 Å². The number of amides is 3. The van der Waals surface area contributed by atoms with E-state index in [0.29, 0.717) is 22.0 Å². The van der Waals surface area contributed by atoms with Gasteiger partial charge in [0.2, 0.25) is 0 Å². The first kappa shape index (κ1) is 7.98. The first-order valence-corrected chi connectivity index (χ1v) is 4.23. The van der Waals surface area contributed by atoms with E-state index in [2.05, 4.69) is 20.3 Å². The van der Waals surface area contributed by atoms with Gasteiger partial charge >= 0.3 is 6.03 Å². The van der Waals surface area contributed by atoms with Gasteiger partial charge in [-0.05, 0) is 12.1 Å². The Hall–Kier alpha value is -2.37. The molecule has 2 aliphatic heterocycles. The monoisotopic (exact) mass is 200 g/mol. The summed E-state index contributed by atoms with van der Waals surface area (Å²) in [6.45, 7) is 0. The van der Waals surface area contributed by atoms with Gasteiger partial charge in [-0.15, -0.1) is 0 Å². The summed E-state index contributed by atoms with van der Waals surface area (Å²) in [5, 5.41) is 3.07. The number of hydrogen-bond acceptors (Lipinski definition) is 4. The number of nitrogens with one attached hydrogen (secondary N) is 1. The number of carbonyl (C=O) groups excluding carboxylic acids is 2. The second-order valence-electron chi connectivity index (χ2n) is 3.07. The number of fused-ring (bicyclic) bond motifs is 3. The minimum atomic E-state index is -0.647. The molecule has 0 saturated heterocycles. The molecule has 0 spiro atoms. The number of nitrogens with zero attached hydrogens (tertiary/aromatic N) is 3.